The Labute approximate surface area is 198 Å². The molecule has 4 rings (SSSR count). The van der Waals surface area contributed by atoms with Crippen LogP contribution in [0.3, 0.4) is 0 Å². The number of anilines is 1. The van der Waals surface area contributed by atoms with Crippen LogP contribution in [0.15, 0.2) is 91.0 Å². The van der Waals surface area contributed by atoms with Gasteiger partial charge in [0.25, 0.3) is 0 Å². The molecule has 0 spiro atoms. The summed E-state index contributed by atoms with van der Waals surface area (Å²) in [5, 5.41) is 13.8. The predicted octanol–water partition coefficient (Wildman–Crippen LogP) is 4.69. The van der Waals surface area contributed by atoms with Crippen molar-refractivity contribution in [2.75, 3.05) is 51.1 Å². The van der Waals surface area contributed by atoms with Gasteiger partial charge in [-0.15, -0.1) is 0 Å². The molecule has 3 aromatic carbocycles. The van der Waals surface area contributed by atoms with Crippen molar-refractivity contribution >= 4 is 5.69 Å². The number of nitrogens with one attached hydrogen (secondary N) is 1. The van der Waals surface area contributed by atoms with E-state index in [1.54, 1.807) is 0 Å². The zero-order chi connectivity index (χ0) is 22.7. The first kappa shape index (κ1) is 23.5. The highest BCUT2D eigenvalue weighted by atomic mass is 16.3. The van der Waals surface area contributed by atoms with E-state index in [9.17, 15) is 5.11 Å². The lowest BCUT2D eigenvalue weighted by atomic mass is 9.87. The fourth-order valence-electron chi connectivity index (χ4n) is 4.77. The van der Waals surface area contributed by atoms with Gasteiger partial charge in [0.15, 0.2) is 0 Å². The number of rotatable bonds is 11. The summed E-state index contributed by atoms with van der Waals surface area (Å²) in [6.45, 7) is 6.69. The summed E-state index contributed by atoms with van der Waals surface area (Å²) >= 11 is 0. The molecule has 1 fully saturated rings. The normalized spacial score (nSPS) is 16.1. The van der Waals surface area contributed by atoms with Gasteiger partial charge in [-0.05, 0) is 42.6 Å². The molecule has 0 aliphatic carbocycles. The van der Waals surface area contributed by atoms with Gasteiger partial charge in [0, 0.05) is 50.9 Å². The van der Waals surface area contributed by atoms with Crippen molar-refractivity contribution in [2.24, 2.45) is 0 Å². The number of β-amino-alcohol motifs (C(OH)–C–C–N with tert-alkyl or cyclic N) is 1. The van der Waals surface area contributed by atoms with Crippen LogP contribution >= 0.6 is 0 Å². The van der Waals surface area contributed by atoms with E-state index in [1.165, 1.54) is 17.5 Å². The number of hydrogen-bond acceptors (Lipinski definition) is 4. The zero-order valence-electron chi connectivity index (χ0n) is 19.5. The summed E-state index contributed by atoms with van der Waals surface area (Å²) in [4.78, 5) is 4.97. The number of benzene rings is 3. The molecule has 2 N–H and O–H groups in total. The number of aliphatic hydroxyl groups excluding tert-OH is 1. The highest BCUT2D eigenvalue weighted by molar-refractivity contribution is 5.42. The lowest BCUT2D eigenvalue weighted by Crippen LogP contribution is -2.49. The maximum Gasteiger partial charge on any atom is 0.0839 e. The van der Waals surface area contributed by atoms with E-state index in [-0.39, 0.29) is 6.10 Å². The third-order valence-electron chi connectivity index (χ3n) is 6.62. The predicted molar refractivity (Wildman–Crippen MR) is 138 cm³/mol. The largest absolute Gasteiger partial charge is 0.390 e. The van der Waals surface area contributed by atoms with Crippen LogP contribution in [-0.2, 0) is 0 Å². The first-order chi connectivity index (χ1) is 16.3. The van der Waals surface area contributed by atoms with Crippen molar-refractivity contribution < 1.29 is 5.11 Å². The molecule has 0 radical (unpaired) electrons. The van der Waals surface area contributed by atoms with Crippen LogP contribution < -0.4 is 5.32 Å². The van der Waals surface area contributed by atoms with E-state index < -0.39 is 0 Å². The SMILES string of the molecule is OC(CNc1ccccc1)CN1CCN(CCCC(c2ccccc2)c2ccccc2)CC1. The van der Waals surface area contributed by atoms with E-state index in [4.69, 9.17) is 0 Å². The fraction of sp³-hybridized carbons (Fsp3) is 0.379. The Kier molecular flexibility index (Phi) is 8.93. The average molecular weight is 444 g/mol. The van der Waals surface area contributed by atoms with Crippen LogP contribution in [0.4, 0.5) is 5.69 Å². The summed E-state index contributed by atoms with van der Waals surface area (Å²) < 4.78 is 0. The Morgan fingerprint density at radius 2 is 1.21 bits per heavy atom. The van der Waals surface area contributed by atoms with Crippen LogP contribution in [0, 0.1) is 0 Å². The van der Waals surface area contributed by atoms with Crippen LogP contribution in [0.5, 0.6) is 0 Å². The first-order valence-corrected chi connectivity index (χ1v) is 12.3. The molecule has 4 heteroatoms. The van der Waals surface area contributed by atoms with Gasteiger partial charge in [0.1, 0.15) is 0 Å². The Bertz CT molecular complexity index is 872. The summed E-state index contributed by atoms with van der Waals surface area (Å²) in [5.41, 5.74) is 3.88. The van der Waals surface area contributed by atoms with Gasteiger partial charge in [-0.3, -0.25) is 4.90 Å². The Balaban J connectivity index is 1.18. The Hall–Kier alpha value is -2.66. The second kappa shape index (κ2) is 12.5. The van der Waals surface area contributed by atoms with Crippen LogP contribution in [0.25, 0.3) is 0 Å². The molecule has 1 heterocycles. The maximum atomic E-state index is 10.4. The summed E-state index contributed by atoms with van der Waals surface area (Å²) in [5.74, 6) is 0.459. The number of aliphatic hydroxyl groups is 1. The molecule has 0 amide bonds. The third kappa shape index (κ3) is 7.43. The molecule has 1 unspecified atom stereocenters. The van der Waals surface area contributed by atoms with Gasteiger partial charge in [0.2, 0.25) is 0 Å². The molecule has 4 nitrogen and oxygen atoms in total. The van der Waals surface area contributed by atoms with Gasteiger partial charge < -0.3 is 15.3 Å². The molecule has 174 valence electrons. The molecule has 0 bridgehead atoms. The van der Waals surface area contributed by atoms with E-state index in [0.29, 0.717) is 12.5 Å². The molecule has 1 aliphatic heterocycles. The molecular formula is C29H37N3O. The minimum atomic E-state index is -0.353. The van der Waals surface area contributed by atoms with Crippen molar-refractivity contribution in [3.05, 3.63) is 102 Å². The van der Waals surface area contributed by atoms with Crippen LogP contribution in [-0.4, -0.2) is 66.8 Å². The molecule has 33 heavy (non-hydrogen) atoms. The maximum absolute atomic E-state index is 10.4. The topological polar surface area (TPSA) is 38.7 Å². The van der Waals surface area contributed by atoms with Gasteiger partial charge >= 0.3 is 0 Å². The van der Waals surface area contributed by atoms with Crippen LogP contribution in [0.1, 0.15) is 29.9 Å². The monoisotopic (exact) mass is 443 g/mol. The van der Waals surface area contributed by atoms with Crippen molar-refractivity contribution in [1.29, 1.82) is 0 Å². The molecule has 3 aromatic rings. The molecule has 1 saturated heterocycles. The zero-order valence-corrected chi connectivity index (χ0v) is 19.5. The van der Waals surface area contributed by atoms with Gasteiger partial charge in [-0.1, -0.05) is 78.9 Å². The Morgan fingerprint density at radius 3 is 1.79 bits per heavy atom. The van der Waals surface area contributed by atoms with Gasteiger partial charge in [0.05, 0.1) is 6.10 Å². The second-order valence-corrected chi connectivity index (χ2v) is 9.06. The lowest BCUT2D eigenvalue weighted by Gasteiger charge is -2.36. The first-order valence-electron chi connectivity index (χ1n) is 12.3. The van der Waals surface area contributed by atoms with Gasteiger partial charge in [-0.2, -0.15) is 0 Å². The molecule has 1 aliphatic rings. The van der Waals surface area contributed by atoms with E-state index in [1.807, 2.05) is 30.3 Å². The quantitative estimate of drug-likeness (QED) is 0.451. The van der Waals surface area contributed by atoms with Crippen molar-refractivity contribution in [3.8, 4) is 0 Å². The number of piperazine rings is 1. The number of hydrogen-bond donors (Lipinski definition) is 2. The van der Waals surface area contributed by atoms with E-state index in [2.05, 4.69) is 75.8 Å². The highest BCUT2D eigenvalue weighted by Gasteiger charge is 2.20. The minimum Gasteiger partial charge on any atom is -0.390 e. The minimum absolute atomic E-state index is 0.353. The number of nitrogens with zero attached hydrogens (tertiary/aromatic N) is 2. The van der Waals surface area contributed by atoms with Crippen molar-refractivity contribution in [1.82, 2.24) is 9.80 Å². The Morgan fingerprint density at radius 1 is 0.697 bits per heavy atom. The number of para-hydroxylation sites is 1. The summed E-state index contributed by atoms with van der Waals surface area (Å²) in [6.07, 6.45) is 2.00. The van der Waals surface area contributed by atoms with E-state index >= 15 is 0 Å². The fourth-order valence-corrected chi connectivity index (χ4v) is 4.77. The van der Waals surface area contributed by atoms with Gasteiger partial charge in [-0.25, -0.2) is 0 Å². The molecular weight excluding hydrogens is 406 g/mol. The van der Waals surface area contributed by atoms with Crippen LogP contribution in [0.2, 0.25) is 0 Å². The molecule has 1 atom stereocenters. The molecule has 0 aromatic heterocycles. The van der Waals surface area contributed by atoms with E-state index in [0.717, 1.165) is 51.4 Å². The summed E-state index contributed by atoms with van der Waals surface area (Å²) in [6, 6.07) is 31.9. The highest BCUT2D eigenvalue weighted by Crippen LogP contribution is 2.29. The standard InChI is InChI=1S/C29H37N3O/c33-28(23-30-27-15-8-3-9-16-27)24-32-21-19-31(20-22-32)18-10-17-29(25-11-4-1-5-12-25)26-13-6-2-7-14-26/h1-9,11-16,28-30,33H,10,17-24H2. The van der Waals surface area contributed by atoms with Crippen molar-refractivity contribution in [2.45, 2.75) is 24.9 Å². The smallest absolute Gasteiger partial charge is 0.0839 e. The average Bonchev–Trinajstić information content (AvgIpc) is 2.88. The lowest BCUT2D eigenvalue weighted by molar-refractivity contribution is 0.0776. The second-order valence-electron chi connectivity index (χ2n) is 9.06. The summed E-state index contributed by atoms with van der Waals surface area (Å²) in [7, 11) is 0. The van der Waals surface area contributed by atoms with Crippen molar-refractivity contribution in [3.63, 3.8) is 0 Å². The third-order valence-corrected chi connectivity index (χ3v) is 6.62. The molecule has 0 saturated carbocycles.